The maximum absolute atomic E-state index is 12.8. The fourth-order valence-electron chi connectivity index (χ4n) is 3.07. The van der Waals surface area contributed by atoms with E-state index in [1.165, 1.54) is 6.92 Å². The first-order valence-corrected chi connectivity index (χ1v) is 7.08. The predicted molar refractivity (Wildman–Crippen MR) is 83.5 cm³/mol. The summed E-state index contributed by atoms with van der Waals surface area (Å²) >= 11 is 0. The molecule has 0 heterocycles. The lowest BCUT2D eigenvalue weighted by molar-refractivity contribution is 0.0689. The number of rotatable bonds is 2. The number of ketones is 2. The third kappa shape index (κ3) is 1.91. The van der Waals surface area contributed by atoms with Crippen molar-refractivity contribution >= 4 is 23.8 Å². The summed E-state index contributed by atoms with van der Waals surface area (Å²) < 4.78 is 0. The summed E-state index contributed by atoms with van der Waals surface area (Å²) in [6, 6.07) is 0.969. The van der Waals surface area contributed by atoms with Crippen LogP contribution in [0.3, 0.4) is 0 Å². The van der Waals surface area contributed by atoms with Gasteiger partial charge in [0.25, 0.3) is 0 Å². The molecule has 0 bridgehead atoms. The number of aryl methyl sites for hydroxylation is 1. The summed E-state index contributed by atoms with van der Waals surface area (Å²) in [7, 11) is 0. The standard InChI is InChI=1S/C17H10O9/c1-4-2-6(19)8(17(25)26)9-7(4)14(22)10-11(15(9)23)16(24)13(21)5(3-18)12(10)20/h2-3,19-21,24H,1H3,(H,25,26). The lowest BCUT2D eigenvalue weighted by Crippen LogP contribution is -2.26. The molecule has 132 valence electrons. The first kappa shape index (κ1) is 17.0. The van der Waals surface area contributed by atoms with Gasteiger partial charge in [-0.15, -0.1) is 0 Å². The van der Waals surface area contributed by atoms with Gasteiger partial charge in [0.2, 0.25) is 0 Å². The minimum absolute atomic E-state index is 0.00963. The van der Waals surface area contributed by atoms with Crippen LogP contribution in [0.4, 0.5) is 0 Å². The molecule has 0 radical (unpaired) electrons. The van der Waals surface area contributed by atoms with Crippen LogP contribution in [0.2, 0.25) is 0 Å². The number of carboxylic acid groups (broad SMARTS) is 1. The number of phenolic OH excluding ortho intramolecular Hbond substituents is 3. The van der Waals surface area contributed by atoms with Crippen molar-refractivity contribution in [3.05, 3.63) is 45.0 Å². The molecule has 0 aromatic heterocycles. The Balaban J connectivity index is 2.54. The summed E-state index contributed by atoms with van der Waals surface area (Å²) in [5.74, 6) is -8.00. The van der Waals surface area contributed by atoms with Crippen LogP contribution in [-0.2, 0) is 0 Å². The van der Waals surface area contributed by atoms with Crippen molar-refractivity contribution in [2.24, 2.45) is 0 Å². The van der Waals surface area contributed by atoms with Crippen molar-refractivity contribution in [3.63, 3.8) is 0 Å². The van der Waals surface area contributed by atoms with E-state index in [9.17, 15) is 44.7 Å². The van der Waals surface area contributed by atoms with Crippen LogP contribution in [-0.4, -0.2) is 49.4 Å². The molecule has 9 nitrogen and oxygen atoms in total. The largest absolute Gasteiger partial charge is 0.507 e. The zero-order chi connectivity index (χ0) is 19.5. The number of aldehydes is 1. The third-order valence-corrected chi connectivity index (χ3v) is 4.20. The first-order chi connectivity index (χ1) is 12.1. The number of carboxylic acids is 1. The zero-order valence-electron chi connectivity index (χ0n) is 13.0. The van der Waals surface area contributed by atoms with Crippen molar-refractivity contribution in [2.75, 3.05) is 0 Å². The molecule has 1 aliphatic rings. The highest BCUT2D eigenvalue weighted by molar-refractivity contribution is 6.33. The van der Waals surface area contributed by atoms with Crippen molar-refractivity contribution in [1.29, 1.82) is 0 Å². The molecule has 3 rings (SSSR count). The Hall–Kier alpha value is -3.88. The Morgan fingerprint density at radius 2 is 1.42 bits per heavy atom. The summed E-state index contributed by atoms with van der Waals surface area (Å²) in [5, 5.41) is 49.2. The van der Waals surface area contributed by atoms with Gasteiger partial charge in [-0.2, -0.15) is 0 Å². The van der Waals surface area contributed by atoms with Gasteiger partial charge in [0, 0.05) is 5.56 Å². The molecule has 2 aromatic rings. The van der Waals surface area contributed by atoms with Crippen LogP contribution < -0.4 is 0 Å². The molecule has 0 unspecified atom stereocenters. The molecule has 0 saturated heterocycles. The minimum Gasteiger partial charge on any atom is -0.507 e. The second-order valence-electron chi connectivity index (χ2n) is 5.63. The summed E-state index contributed by atoms with van der Waals surface area (Å²) in [6.07, 6.45) is -0.00963. The Morgan fingerprint density at radius 3 is 1.96 bits per heavy atom. The van der Waals surface area contributed by atoms with Crippen LogP contribution >= 0.6 is 0 Å². The second kappa shape index (κ2) is 5.31. The zero-order valence-corrected chi connectivity index (χ0v) is 13.0. The third-order valence-electron chi connectivity index (χ3n) is 4.20. The van der Waals surface area contributed by atoms with E-state index in [1.807, 2.05) is 0 Å². The number of hydrogen-bond donors (Lipinski definition) is 5. The fraction of sp³-hybridized carbons (Fsp3) is 0.0588. The van der Waals surface area contributed by atoms with E-state index in [1.54, 1.807) is 0 Å². The SMILES string of the molecule is Cc1cc(O)c(C(=O)O)c2c1C(=O)c1c(O)c(C=O)c(O)c(O)c1C2=O. The van der Waals surface area contributed by atoms with Crippen molar-refractivity contribution in [2.45, 2.75) is 6.92 Å². The molecular weight excluding hydrogens is 348 g/mol. The van der Waals surface area contributed by atoms with Crippen molar-refractivity contribution < 1.29 is 44.7 Å². The monoisotopic (exact) mass is 358 g/mol. The van der Waals surface area contributed by atoms with Crippen LogP contribution in [0, 0.1) is 6.92 Å². The van der Waals surface area contributed by atoms with Crippen LogP contribution in [0.25, 0.3) is 0 Å². The molecule has 0 spiro atoms. The predicted octanol–water partition coefficient (Wildman–Crippen LogP) is 1.10. The molecule has 0 saturated carbocycles. The molecular formula is C17H10O9. The maximum Gasteiger partial charge on any atom is 0.340 e. The summed E-state index contributed by atoms with van der Waals surface area (Å²) in [5.41, 5.74) is -4.25. The molecule has 1 aliphatic carbocycles. The van der Waals surface area contributed by atoms with Gasteiger partial charge in [-0.3, -0.25) is 14.4 Å². The van der Waals surface area contributed by atoms with E-state index in [0.717, 1.165) is 6.07 Å². The van der Waals surface area contributed by atoms with Gasteiger partial charge < -0.3 is 25.5 Å². The minimum atomic E-state index is -1.69. The highest BCUT2D eigenvalue weighted by Crippen LogP contribution is 2.47. The molecule has 26 heavy (non-hydrogen) atoms. The highest BCUT2D eigenvalue weighted by atomic mass is 16.4. The van der Waals surface area contributed by atoms with E-state index in [0.29, 0.717) is 0 Å². The van der Waals surface area contributed by atoms with Gasteiger partial charge >= 0.3 is 5.97 Å². The van der Waals surface area contributed by atoms with Gasteiger partial charge in [-0.1, -0.05) is 0 Å². The van der Waals surface area contributed by atoms with Crippen LogP contribution in [0.15, 0.2) is 6.07 Å². The fourth-order valence-corrected chi connectivity index (χ4v) is 3.07. The number of carbonyl (C=O) groups excluding carboxylic acids is 3. The average molecular weight is 358 g/mol. The Labute approximate surface area is 144 Å². The summed E-state index contributed by atoms with van der Waals surface area (Å²) in [4.78, 5) is 48.1. The van der Waals surface area contributed by atoms with Crippen molar-refractivity contribution in [1.82, 2.24) is 0 Å². The molecule has 0 aliphatic heterocycles. The summed E-state index contributed by atoms with van der Waals surface area (Å²) in [6.45, 7) is 1.33. The number of benzene rings is 2. The molecule has 9 heteroatoms. The van der Waals surface area contributed by atoms with E-state index >= 15 is 0 Å². The quantitative estimate of drug-likeness (QED) is 0.256. The number of hydrogen-bond acceptors (Lipinski definition) is 8. The van der Waals surface area contributed by atoms with E-state index < -0.39 is 73.9 Å². The Bertz CT molecular complexity index is 1060. The molecule has 0 fully saturated rings. The van der Waals surface area contributed by atoms with Crippen LogP contribution in [0.5, 0.6) is 23.0 Å². The number of phenols is 4. The van der Waals surface area contributed by atoms with Gasteiger partial charge in [-0.05, 0) is 18.6 Å². The lowest BCUT2D eigenvalue weighted by Gasteiger charge is -2.23. The van der Waals surface area contributed by atoms with Crippen LogP contribution in [0.1, 0.15) is 58.1 Å². The van der Waals surface area contributed by atoms with Crippen molar-refractivity contribution in [3.8, 4) is 23.0 Å². The molecule has 0 atom stereocenters. The maximum atomic E-state index is 12.8. The number of fused-ring (bicyclic) bond motifs is 2. The normalized spacial score (nSPS) is 12.5. The highest BCUT2D eigenvalue weighted by Gasteiger charge is 2.41. The van der Waals surface area contributed by atoms with Gasteiger partial charge in [0.15, 0.2) is 29.4 Å². The average Bonchev–Trinajstić information content (AvgIpc) is 2.55. The Morgan fingerprint density at radius 1 is 0.885 bits per heavy atom. The molecule has 2 aromatic carbocycles. The number of carbonyl (C=O) groups is 4. The van der Waals surface area contributed by atoms with Gasteiger partial charge in [0.05, 0.1) is 16.7 Å². The van der Waals surface area contributed by atoms with E-state index in [-0.39, 0.29) is 11.8 Å². The topological polar surface area (TPSA) is 169 Å². The number of aromatic carboxylic acids is 1. The second-order valence-corrected chi connectivity index (χ2v) is 5.63. The van der Waals surface area contributed by atoms with E-state index in [2.05, 4.69) is 0 Å². The Kier molecular flexibility index (Phi) is 3.46. The van der Waals surface area contributed by atoms with Gasteiger partial charge in [-0.25, -0.2) is 4.79 Å². The molecule has 0 amide bonds. The lowest BCUT2D eigenvalue weighted by atomic mass is 9.78. The molecule has 5 N–H and O–H groups in total. The first-order valence-electron chi connectivity index (χ1n) is 7.08. The van der Waals surface area contributed by atoms with Gasteiger partial charge in [0.1, 0.15) is 22.6 Å². The smallest absolute Gasteiger partial charge is 0.340 e. The van der Waals surface area contributed by atoms with E-state index in [4.69, 9.17) is 0 Å². The number of aromatic hydroxyl groups is 4.